The van der Waals surface area contributed by atoms with Gasteiger partial charge < -0.3 is 14.3 Å². The summed E-state index contributed by atoms with van der Waals surface area (Å²) in [6.45, 7) is 0. The van der Waals surface area contributed by atoms with Crippen molar-refractivity contribution in [2.45, 2.75) is 25.2 Å². The van der Waals surface area contributed by atoms with Crippen LogP contribution in [0.3, 0.4) is 0 Å². The minimum atomic E-state index is -0.204. The number of fused-ring (bicyclic) bond motifs is 7. The largest absolute Gasteiger partial charge is 0.454 e. The van der Waals surface area contributed by atoms with Crippen molar-refractivity contribution in [3.8, 4) is 11.1 Å². The fourth-order valence-corrected chi connectivity index (χ4v) is 7.77. The third-order valence-corrected chi connectivity index (χ3v) is 10.2. The monoisotopic (exact) mass is 646 g/mol. The second-order valence-corrected chi connectivity index (χ2v) is 13.2. The molecule has 8 aromatic rings. The zero-order chi connectivity index (χ0) is 33.0. The lowest BCUT2D eigenvalue weighted by molar-refractivity contribution is 0.408. The van der Waals surface area contributed by atoms with E-state index in [-0.39, 0.29) is 12.3 Å². The van der Waals surface area contributed by atoms with Crippen molar-refractivity contribution in [3.05, 3.63) is 174 Å². The van der Waals surface area contributed by atoms with Crippen LogP contribution in [-0.4, -0.2) is 10.4 Å². The number of aliphatic imine (C=N–C) groups is 1. The van der Waals surface area contributed by atoms with E-state index in [1.165, 1.54) is 44.2 Å². The van der Waals surface area contributed by atoms with Gasteiger partial charge in [0.2, 0.25) is 0 Å². The maximum Gasteiger partial charge on any atom is 0.160 e. The molecule has 0 spiro atoms. The van der Waals surface area contributed by atoms with Crippen molar-refractivity contribution in [3.63, 3.8) is 0 Å². The highest BCUT2D eigenvalue weighted by Crippen LogP contribution is 2.41. The van der Waals surface area contributed by atoms with Gasteiger partial charge in [0.05, 0.1) is 11.0 Å². The Morgan fingerprint density at radius 3 is 2.16 bits per heavy atom. The van der Waals surface area contributed by atoms with Crippen molar-refractivity contribution in [2.75, 3.05) is 0 Å². The number of amidine groups is 1. The highest BCUT2D eigenvalue weighted by atomic mass is 16.3. The number of hydrogen-bond acceptors (Lipinski definition) is 4. The van der Waals surface area contributed by atoms with Crippen molar-refractivity contribution in [2.24, 2.45) is 4.99 Å². The fraction of sp³-hybridized carbons (Fsp3) is 0.0889. The van der Waals surface area contributed by atoms with E-state index in [9.17, 15) is 0 Å². The first kappa shape index (κ1) is 28.8. The molecule has 0 radical (unpaired) electrons. The normalized spacial score (nSPS) is 17.9. The molecule has 0 saturated carbocycles. The Morgan fingerprint density at radius 2 is 1.32 bits per heavy atom. The summed E-state index contributed by atoms with van der Waals surface area (Å²) in [5.41, 5.74) is 11.3. The number of furan rings is 1. The molecular formula is C45H34N4O. The van der Waals surface area contributed by atoms with Crippen LogP contribution in [0.2, 0.25) is 0 Å². The Labute approximate surface area is 289 Å². The van der Waals surface area contributed by atoms with Gasteiger partial charge >= 0.3 is 0 Å². The molecule has 0 fully saturated rings. The van der Waals surface area contributed by atoms with Gasteiger partial charge in [-0.05, 0) is 71.0 Å². The summed E-state index contributed by atoms with van der Waals surface area (Å²) in [7, 11) is 0. The first-order valence-electron chi connectivity index (χ1n) is 17.3. The number of nitrogens with zero attached hydrogens (tertiary/aromatic N) is 2. The first-order chi connectivity index (χ1) is 24.8. The van der Waals surface area contributed by atoms with Crippen molar-refractivity contribution < 1.29 is 4.42 Å². The second kappa shape index (κ2) is 11.8. The van der Waals surface area contributed by atoms with Crippen LogP contribution in [0.1, 0.15) is 36.3 Å². The maximum absolute atomic E-state index is 6.59. The summed E-state index contributed by atoms with van der Waals surface area (Å²) >= 11 is 0. The van der Waals surface area contributed by atoms with E-state index < -0.39 is 0 Å². The molecule has 1 aliphatic carbocycles. The second-order valence-electron chi connectivity index (χ2n) is 13.2. The summed E-state index contributed by atoms with van der Waals surface area (Å²) in [4.78, 5) is 5.31. The Kier molecular flexibility index (Phi) is 6.78. The lowest BCUT2D eigenvalue weighted by Gasteiger charge is -2.33. The number of hydrogen-bond donors (Lipinski definition) is 2. The number of allylic oxidation sites excluding steroid dienone is 3. The Balaban J connectivity index is 1.08. The van der Waals surface area contributed by atoms with E-state index in [0.717, 1.165) is 51.7 Å². The van der Waals surface area contributed by atoms with Crippen LogP contribution in [0.5, 0.6) is 0 Å². The molecule has 2 N–H and O–H groups in total. The van der Waals surface area contributed by atoms with Crippen molar-refractivity contribution in [1.82, 2.24) is 15.2 Å². The summed E-state index contributed by atoms with van der Waals surface area (Å²) in [5.74, 6) is 0.935. The third kappa shape index (κ3) is 4.78. The number of rotatable bonds is 5. The lowest BCUT2D eigenvalue weighted by Crippen LogP contribution is -2.45. The van der Waals surface area contributed by atoms with E-state index in [0.29, 0.717) is 0 Å². The lowest BCUT2D eigenvalue weighted by atomic mass is 9.98. The molecule has 1 aliphatic heterocycles. The molecule has 2 aromatic heterocycles. The molecule has 50 heavy (non-hydrogen) atoms. The molecule has 6 aromatic carbocycles. The number of nitrogens with one attached hydrogen (secondary N) is 2. The average Bonchev–Trinajstić information content (AvgIpc) is 3.75. The number of para-hydroxylation sites is 2. The van der Waals surface area contributed by atoms with Gasteiger partial charge in [-0.1, -0.05) is 127 Å². The summed E-state index contributed by atoms with van der Waals surface area (Å²) in [6, 6.07) is 51.3. The zero-order valence-corrected chi connectivity index (χ0v) is 27.4. The summed E-state index contributed by atoms with van der Waals surface area (Å²) in [5, 5.41) is 12.3. The van der Waals surface area contributed by atoms with Gasteiger partial charge in [-0.15, -0.1) is 0 Å². The maximum atomic E-state index is 6.59. The molecule has 5 nitrogen and oxygen atoms in total. The fourth-order valence-electron chi connectivity index (χ4n) is 7.77. The number of benzene rings is 6. The highest BCUT2D eigenvalue weighted by Gasteiger charge is 2.28. The van der Waals surface area contributed by atoms with Gasteiger partial charge in [0.25, 0.3) is 0 Å². The predicted octanol–water partition coefficient (Wildman–Crippen LogP) is 10.9. The molecule has 3 heterocycles. The minimum Gasteiger partial charge on any atom is -0.454 e. The van der Waals surface area contributed by atoms with Gasteiger partial charge in [0, 0.05) is 27.2 Å². The molecule has 10 rings (SSSR count). The van der Waals surface area contributed by atoms with Gasteiger partial charge in [0.1, 0.15) is 23.8 Å². The van der Waals surface area contributed by atoms with E-state index in [1.807, 2.05) is 6.07 Å². The smallest absolute Gasteiger partial charge is 0.160 e. The summed E-state index contributed by atoms with van der Waals surface area (Å²) in [6.07, 6.45) is 5.98. The molecule has 2 unspecified atom stereocenters. The van der Waals surface area contributed by atoms with E-state index in [2.05, 4.69) is 167 Å². The predicted molar refractivity (Wildman–Crippen MR) is 206 cm³/mol. The van der Waals surface area contributed by atoms with Gasteiger partial charge in [-0.25, -0.2) is 4.99 Å². The van der Waals surface area contributed by atoms with Crippen LogP contribution in [0.15, 0.2) is 173 Å². The molecule has 2 atom stereocenters. The minimum absolute atomic E-state index is 0.0842. The zero-order valence-electron chi connectivity index (χ0n) is 27.4. The van der Waals surface area contributed by atoms with Gasteiger partial charge in [-0.3, -0.25) is 5.32 Å². The third-order valence-electron chi connectivity index (χ3n) is 10.2. The Hall–Kier alpha value is -6.17. The molecule has 2 aliphatic rings. The van der Waals surface area contributed by atoms with Gasteiger partial charge in [-0.2, -0.15) is 0 Å². The van der Waals surface area contributed by atoms with Crippen LogP contribution in [0.4, 0.5) is 0 Å². The average molecular weight is 647 g/mol. The van der Waals surface area contributed by atoms with E-state index in [4.69, 9.17) is 9.41 Å². The first-order valence-corrected chi connectivity index (χ1v) is 17.3. The molecule has 5 heteroatoms. The topological polar surface area (TPSA) is 54.5 Å². The van der Waals surface area contributed by atoms with Crippen LogP contribution in [0, 0.1) is 0 Å². The van der Waals surface area contributed by atoms with Crippen LogP contribution >= 0.6 is 0 Å². The quantitative estimate of drug-likeness (QED) is 0.196. The molecule has 0 amide bonds. The van der Waals surface area contributed by atoms with Crippen molar-refractivity contribution >= 4 is 55.3 Å². The van der Waals surface area contributed by atoms with Crippen LogP contribution in [-0.2, 0) is 0 Å². The highest BCUT2D eigenvalue weighted by molar-refractivity contribution is 6.22. The van der Waals surface area contributed by atoms with E-state index >= 15 is 0 Å². The van der Waals surface area contributed by atoms with E-state index in [1.54, 1.807) is 0 Å². The number of aromatic nitrogens is 1. The molecular weight excluding hydrogens is 613 g/mol. The molecule has 240 valence electrons. The standard InChI is InChI=1S/C45H34N4O/c1-3-12-29(13-4-1)32-16-11-17-33(28-32)45-47-43(30-14-5-2-6-15-30)46-44(48-45)31-22-24-34(25-23-31)49-39-20-9-7-18-35(39)37-26-27-38-36-19-8-10-21-40(36)50-42(38)41(37)49/h1-22,24,26-28,43,45,47H,23,25H2,(H,46,48). The SMILES string of the molecule is C1=C(C2=NC(c3cccc(-c4ccccc4)c3)NC(c3ccccc3)N2)CCC(n2c3ccccc3c3ccc4c5ccccc5oc4c32)=C1. The van der Waals surface area contributed by atoms with Crippen LogP contribution in [0.25, 0.3) is 60.6 Å². The van der Waals surface area contributed by atoms with Crippen LogP contribution < -0.4 is 10.6 Å². The molecule has 0 saturated heterocycles. The summed E-state index contributed by atoms with van der Waals surface area (Å²) < 4.78 is 9.01. The Bertz CT molecular complexity index is 2660. The van der Waals surface area contributed by atoms with Crippen molar-refractivity contribution in [1.29, 1.82) is 0 Å². The van der Waals surface area contributed by atoms with Gasteiger partial charge in [0.15, 0.2) is 5.58 Å². The Morgan fingerprint density at radius 1 is 0.600 bits per heavy atom. The molecule has 0 bridgehead atoms.